The van der Waals surface area contributed by atoms with Gasteiger partial charge in [-0.15, -0.1) is 0 Å². The fourth-order valence-corrected chi connectivity index (χ4v) is 4.55. The Labute approximate surface area is 103 Å². The molecule has 0 aromatic rings. The molecule has 0 spiro atoms. The Morgan fingerprint density at radius 1 is 1.41 bits per heavy atom. The smallest absolute Gasteiger partial charge is 0.238 e. The van der Waals surface area contributed by atoms with E-state index in [2.05, 4.69) is 0 Å². The van der Waals surface area contributed by atoms with E-state index in [1.807, 2.05) is 0 Å². The fraction of sp³-hybridized carbons (Fsp3) is 0.909. The van der Waals surface area contributed by atoms with Crippen molar-refractivity contribution in [3.8, 4) is 0 Å². The summed E-state index contributed by atoms with van der Waals surface area (Å²) in [6, 6.07) is 0. The molecule has 1 heterocycles. The van der Waals surface area contributed by atoms with Crippen LogP contribution in [-0.4, -0.2) is 37.0 Å². The summed E-state index contributed by atoms with van der Waals surface area (Å²) in [4.78, 5) is 11.5. The van der Waals surface area contributed by atoms with Crippen LogP contribution < -0.4 is 5.73 Å². The monoisotopic (exact) mass is 263 g/mol. The van der Waals surface area contributed by atoms with Crippen LogP contribution in [0.5, 0.6) is 0 Å². The molecule has 100 valence electrons. The van der Waals surface area contributed by atoms with Crippen LogP contribution in [0.1, 0.15) is 40.0 Å². The Morgan fingerprint density at radius 2 is 1.88 bits per heavy atom. The van der Waals surface area contributed by atoms with E-state index in [0.29, 0.717) is 26.1 Å². The maximum Gasteiger partial charge on any atom is 0.238 e. The van der Waals surface area contributed by atoms with Crippen LogP contribution in [0.15, 0.2) is 0 Å². The predicted molar refractivity (Wildman–Crippen MR) is 65.3 cm³/mol. The summed E-state index contributed by atoms with van der Waals surface area (Å²) in [7, 11) is -3.63. The molecular weight excluding hydrogens is 242 g/mol. The number of primary amides is 1. The van der Waals surface area contributed by atoms with Gasteiger partial charge in [-0.2, -0.15) is 0 Å². The molecule has 0 radical (unpaired) electrons. The molecule has 2 N–H and O–H groups in total. The number of ether oxygens (including phenoxy) is 1. The van der Waals surface area contributed by atoms with Gasteiger partial charge in [-0.25, -0.2) is 8.42 Å². The van der Waals surface area contributed by atoms with E-state index < -0.39 is 25.2 Å². The molecule has 17 heavy (non-hydrogen) atoms. The van der Waals surface area contributed by atoms with Crippen molar-refractivity contribution in [2.75, 3.05) is 13.2 Å². The van der Waals surface area contributed by atoms with Gasteiger partial charge in [0.05, 0.1) is 4.75 Å². The molecule has 1 atom stereocenters. The molecule has 0 aromatic carbocycles. The summed E-state index contributed by atoms with van der Waals surface area (Å²) < 4.78 is 28.1. The summed E-state index contributed by atoms with van der Waals surface area (Å²) in [5.74, 6) is -0.771. The minimum Gasteiger partial charge on any atom is -0.381 e. The van der Waals surface area contributed by atoms with Gasteiger partial charge in [0.2, 0.25) is 5.91 Å². The molecule has 1 rings (SSSR count). The van der Waals surface area contributed by atoms with E-state index >= 15 is 0 Å². The van der Waals surface area contributed by atoms with Crippen molar-refractivity contribution in [1.82, 2.24) is 0 Å². The lowest BCUT2D eigenvalue weighted by Gasteiger charge is -2.39. The van der Waals surface area contributed by atoms with Crippen LogP contribution >= 0.6 is 0 Å². The maximum atomic E-state index is 12.6. The van der Waals surface area contributed by atoms with Gasteiger partial charge in [0.25, 0.3) is 0 Å². The molecule has 0 bridgehead atoms. The van der Waals surface area contributed by atoms with Crippen molar-refractivity contribution >= 4 is 15.7 Å². The Hall–Kier alpha value is -0.620. The van der Waals surface area contributed by atoms with Crippen LogP contribution in [0.2, 0.25) is 0 Å². The highest BCUT2D eigenvalue weighted by Gasteiger charge is 2.53. The van der Waals surface area contributed by atoms with E-state index in [-0.39, 0.29) is 6.42 Å². The fourth-order valence-electron chi connectivity index (χ4n) is 2.11. The second-order valence-corrected chi connectivity index (χ2v) is 7.91. The Balaban J connectivity index is 3.21. The van der Waals surface area contributed by atoms with Crippen LogP contribution in [-0.2, 0) is 19.4 Å². The number of hydrogen-bond donors (Lipinski definition) is 1. The number of amides is 1. The molecule has 0 aliphatic carbocycles. The molecule has 0 aromatic heterocycles. The summed E-state index contributed by atoms with van der Waals surface area (Å²) in [6.07, 6.45) is 1.03. The molecule has 1 aliphatic heterocycles. The Morgan fingerprint density at radius 3 is 2.24 bits per heavy atom. The third-order valence-electron chi connectivity index (χ3n) is 3.99. The number of nitrogens with two attached hydrogens (primary N) is 1. The average molecular weight is 263 g/mol. The lowest BCUT2D eigenvalue weighted by molar-refractivity contribution is -0.120. The minimum atomic E-state index is -3.63. The first-order valence-corrected chi connectivity index (χ1v) is 7.31. The number of hydrogen-bond acceptors (Lipinski definition) is 4. The molecule has 1 amide bonds. The van der Waals surface area contributed by atoms with Crippen molar-refractivity contribution in [3.05, 3.63) is 0 Å². The summed E-state index contributed by atoms with van der Waals surface area (Å²) in [5, 5.41) is 0. The molecule has 1 aliphatic rings. The van der Waals surface area contributed by atoms with Gasteiger partial charge in [0.1, 0.15) is 4.75 Å². The van der Waals surface area contributed by atoms with Crippen LogP contribution in [0.3, 0.4) is 0 Å². The third kappa shape index (κ3) is 2.08. The van der Waals surface area contributed by atoms with E-state index in [0.717, 1.165) is 0 Å². The van der Waals surface area contributed by atoms with Gasteiger partial charge >= 0.3 is 0 Å². The van der Waals surface area contributed by atoms with E-state index in [1.165, 1.54) is 6.92 Å². The minimum absolute atomic E-state index is 0.196. The van der Waals surface area contributed by atoms with E-state index in [4.69, 9.17) is 10.5 Å². The maximum absolute atomic E-state index is 12.6. The van der Waals surface area contributed by atoms with Gasteiger partial charge in [-0.1, -0.05) is 6.92 Å². The highest BCUT2D eigenvalue weighted by atomic mass is 32.2. The average Bonchev–Trinajstić information content (AvgIpc) is 2.28. The first kappa shape index (κ1) is 14.4. The molecular formula is C11H21NO4S. The number of rotatable bonds is 4. The number of carbonyl (C=O) groups is 1. The second kappa shape index (κ2) is 4.57. The second-order valence-electron chi connectivity index (χ2n) is 5.01. The molecule has 1 saturated heterocycles. The summed E-state index contributed by atoms with van der Waals surface area (Å²) in [6.45, 7) is 5.60. The van der Waals surface area contributed by atoms with Crippen molar-refractivity contribution < 1.29 is 17.9 Å². The number of sulfone groups is 1. The first-order valence-electron chi connectivity index (χ1n) is 5.83. The lowest BCUT2D eigenvalue weighted by atomic mass is 10.0. The highest BCUT2D eigenvalue weighted by Crippen LogP contribution is 2.38. The van der Waals surface area contributed by atoms with Gasteiger partial charge in [-0.3, -0.25) is 4.79 Å². The van der Waals surface area contributed by atoms with Crippen molar-refractivity contribution in [2.24, 2.45) is 5.73 Å². The largest absolute Gasteiger partial charge is 0.381 e. The van der Waals surface area contributed by atoms with Crippen molar-refractivity contribution in [2.45, 2.75) is 49.5 Å². The van der Waals surface area contributed by atoms with Crippen LogP contribution in [0.25, 0.3) is 0 Å². The normalized spacial score (nSPS) is 23.9. The SMILES string of the molecule is CCC(C)(C(N)=O)S(=O)(=O)C1(C)CCOCC1. The molecule has 0 saturated carbocycles. The van der Waals surface area contributed by atoms with E-state index in [1.54, 1.807) is 13.8 Å². The predicted octanol–water partition coefficient (Wildman–Crippen LogP) is 0.624. The first-order chi connectivity index (χ1) is 7.71. The van der Waals surface area contributed by atoms with Gasteiger partial charge in [0, 0.05) is 13.2 Å². The van der Waals surface area contributed by atoms with E-state index in [9.17, 15) is 13.2 Å². The van der Waals surface area contributed by atoms with Crippen LogP contribution in [0.4, 0.5) is 0 Å². The zero-order chi connectivity index (χ0) is 13.3. The molecule has 6 heteroatoms. The highest BCUT2D eigenvalue weighted by molar-refractivity contribution is 7.94. The van der Waals surface area contributed by atoms with Crippen molar-refractivity contribution in [3.63, 3.8) is 0 Å². The summed E-state index contributed by atoms with van der Waals surface area (Å²) >= 11 is 0. The Kier molecular flexibility index (Phi) is 3.88. The van der Waals surface area contributed by atoms with Crippen molar-refractivity contribution in [1.29, 1.82) is 0 Å². The molecule has 5 nitrogen and oxygen atoms in total. The van der Waals surface area contributed by atoms with Gasteiger partial charge in [-0.05, 0) is 33.1 Å². The lowest BCUT2D eigenvalue weighted by Crippen LogP contribution is -2.57. The summed E-state index contributed by atoms with van der Waals surface area (Å²) in [5.41, 5.74) is 5.28. The Bertz CT molecular complexity index is 398. The zero-order valence-electron chi connectivity index (χ0n) is 10.7. The third-order valence-corrected chi connectivity index (χ3v) is 7.37. The standard InChI is InChI=1S/C11H21NO4S/c1-4-11(3,9(12)13)17(14,15)10(2)5-7-16-8-6-10/h4-8H2,1-3H3,(H2,12,13). The quantitative estimate of drug-likeness (QED) is 0.805. The zero-order valence-corrected chi connectivity index (χ0v) is 11.5. The van der Waals surface area contributed by atoms with Gasteiger partial charge in [0.15, 0.2) is 9.84 Å². The van der Waals surface area contributed by atoms with Crippen LogP contribution in [0, 0.1) is 0 Å². The topological polar surface area (TPSA) is 86.5 Å². The molecule has 1 unspecified atom stereocenters. The number of carbonyl (C=O) groups excluding carboxylic acids is 1. The molecule has 1 fully saturated rings. The van der Waals surface area contributed by atoms with Gasteiger partial charge < -0.3 is 10.5 Å².